The normalized spacial score (nSPS) is 10.4. The molecule has 0 amide bonds. The molecule has 1 aromatic heterocycles. The Bertz CT molecular complexity index is 626. The number of hydrogen-bond acceptors (Lipinski definition) is 3. The van der Waals surface area contributed by atoms with Gasteiger partial charge in [0.1, 0.15) is 5.56 Å². The molecule has 0 radical (unpaired) electrons. The molecule has 18 heavy (non-hydrogen) atoms. The van der Waals surface area contributed by atoms with E-state index >= 15 is 0 Å². The average molecular weight is 263 g/mol. The summed E-state index contributed by atoms with van der Waals surface area (Å²) < 4.78 is 0. The van der Waals surface area contributed by atoms with Crippen LogP contribution in [0.3, 0.4) is 0 Å². The Kier molecular flexibility index (Phi) is 3.30. The van der Waals surface area contributed by atoms with E-state index in [1.165, 1.54) is 0 Å². The fourth-order valence-corrected chi connectivity index (χ4v) is 2.04. The van der Waals surface area contributed by atoms with E-state index < -0.39 is 5.97 Å². The molecule has 4 nitrogen and oxygen atoms in total. The highest BCUT2D eigenvalue weighted by Crippen LogP contribution is 2.27. The zero-order chi connectivity index (χ0) is 13.3. The molecule has 0 aliphatic rings. The van der Waals surface area contributed by atoms with E-state index in [0.717, 1.165) is 11.1 Å². The van der Waals surface area contributed by atoms with Crippen LogP contribution in [0.4, 0.5) is 0 Å². The van der Waals surface area contributed by atoms with Gasteiger partial charge >= 0.3 is 5.97 Å². The van der Waals surface area contributed by atoms with Crippen LogP contribution in [0.5, 0.6) is 0 Å². The first-order valence-electron chi connectivity index (χ1n) is 5.34. The maximum Gasteiger partial charge on any atom is 0.339 e. The quantitative estimate of drug-likeness (QED) is 0.845. The maximum atomic E-state index is 11.3. The topological polar surface area (TPSA) is 63.1 Å². The predicted molar refractivity (Wildman–Crippen MR) is 68.9 cm³/mol. The van der Waals surface area contributed by atoms with E-state index in [1.54, 1.807) is 6.92 Å². The van der Waals surface area contributed by atoms with Crippen LogP contribution < -0.4 is 0 Å². The number of aromatic nitrogens is 2. The molecule has 1 aromatic carbocycles. The Hall–Kier alpha value is -1.94. The molecule has 1 N–H and O–H groups in total. The first-order chi connectivity index (χ1) is 8.50. The summed E-state index contributed by atoms with van der Waals surface area (Å²) in [5.41, 5.74) is 2.50. The summed E-state index contributed by atoms with van der Waals surface area (Å²) in [7, 11) is 0. The first-order valence-corrected chi connectivity index (χ1v) is 5.72. The third-order valence-corrected chi connectivity index (χ3v) is 2.85. The van der Waals surface area contributed by atoms with Gasteiger partial charge in [0.2, 0.25) is 5.28 Å². The van der Waals surface area contributed by atoms with Crippen molar-refractivity contribution in [2.45, 2.75) is 13.8 Å². The van der Waals surface area contributed by atoms with Crippen molar-refractivity contribution in [1.82, 2.24) is 9.97 Å². The van der Waals surface area contributed by atoms with E-state index in [9.17, 15) is 9.90 Å². The molecule has 0 spiro atoms. The van der Waals surface area contributed by atoms with Gasteiger partial charge in [-0.25, -0.2) is 14.8 Å². The van der Waals surface area contributed by atoms with Gasteiger partial charge in [-0.2, -0.15) is 0 Å². The van der Waals surface area contributed by atoms with Crippen LogP contribution in [-0.4, -0.2) is 21.0 Å². The van der Waals surface area contributed by atoms with Gasteiger partial charge in [-0.05, 0) is 31.0 Å². The van der Waals surface area contributed by atoms with E-state index in [4.69, 9.17) is 11.6 Å². The Balaban J connectivity index is 2.78. The molecule has 0 saturated carbocycles. The summed E-state index contributed by atoms with van der Waals surface area (Å²) in [4.78, 5) is 19.3. The van der Waals surface area contributed by atoms with Crippen LogP contribution in [0.1, 0.15) is 21.6 Å². The lowest BCUT2D eigenvalue weighted by atomic mass is 10.0. The standard InChI is InChI=1S/C13H11ClN2O2/c1-7-5-3-4-6-9(7)11-10(12(17)18)8(2)15-13(14)16-11/h3-6H,1-2H3,(H,17,18). The van der Waals surface area contributed by atoms with Crippen LogP contribution in [-0.2, 0) is 0 Å². The van der Waals surface area contributed by atoms with Crippen molar-refractivity contribution in [2.24, 2.45) is 0 Å². The van der Waals surface area contributed by atoms with Gasteiger partial charge in [0.05, 0.1) is 11.4 Å². The minimum absolute atomic E-state index is 0.0516. The molecule has 0 aliphatic carbocycles. The van der Waals surface area contributed by atoms with Gasteiger partial charge in [0, 0.05) is 5.56 Å². The molecular weight excluding hydrogens is 252 g/mol. The van der Waals surface area contributed by atoms with Gasteiger partial charge in [0.25, 0.3) is 0 Å². The molecule has 5 heteroatoms. The number of carboxylic acids is 1. The third kappa shape index (κ3) is 2.19. The zero-order valence-corrected chi connectivity index (χ0v) is 10.7. The summed E-state index contributed by atoms with van der Waals surface area (Å²) in [5, 5.41) is 9.32. The second-order valence-corrected chi connectivity index (χ2v) is 4.26. The summed E-state index contributed by atoms with van der Waals surface area (Å²) in [6.45, 7) is 3.51. The average Bonchev–Trinajstić information content (AvgIpc) is 2.27. The van der Waals surface area contributed by atoms with Crippen LogP contribution >= 0.6 is 11.6 Å². The van der Waals surface area contributed by atoms with E-state index in [1.807, 2.05) is 31.2 Å². The van der Waals surface area contributed by atoms with Crippen molar-refractivity contribution < 1.29 is 9.90 Å². The number of halogens is 1. The molecule has 2 rings (SSSR count). The highest BCUT2D eigenvalue weighted by atomic mass is 35.5. The predicted octanol–water partition coefficient (Wildman–Crippen LogP) is 3.11. The van der Waals surface area contributed by atoms with Crippen molar-refractivity contribution in [2.75, 3.05) is 0 Å². The Morgan fingerprint density at radius 2 is 1.89 bits per heavy atom. The van der Waals surface area contributed by atoms with Crippen molar-refractivity contribution in [3.05, 3.63) is 46.4 Å². The van der Waals surface area contributed by atoms with Gasteiger partial charge in [-0.3, -0.25) is 0 Å². The summed E-state index contributed by atoms with van der Waals surface area (Å²) in [6.07, 6.45) is 0. The lowest BCUT2D eigenvalue weighted by molar-refractivity contribution is 0.0696. The Morgan fingerprint density at radius 3 is 2.50 bits per heavy atom. The van der Waals surface area contributed by atoms with Gasteiger partial charge in [0.15, 0.2) is 0 Å². The SMILES string of the molecule is Cc1ccccc1-c1nc(Cl)nc(C)c1C(=O)O. The summed E-state index contributed by atoms with van der Waals surface area (Å²) in [6, 6.07) is 7.43. The second-order valence-electron chi connectivity index (χ2n) is 3.92. The number of nitrogens with zero attached hydrogens (tertiary/aromatic N) is 2. The number of aryl methyl sites for hydroxylation is 2. The number of hydrogen-bond donors (Lipinski definition) is 1. The molecule has 2 aromatic rings. The molecule has 0 unspecified atom stereocenters. The van der Waals surface area contributed by atoms with Crippen molar-refractivity contribution in [3.8, 4) is 11.3 Å². The largest absolute Gasteiger partial charge is 0.478 e. The molecule has 92 valence electrons. The fourth-order valence-electron chi connectivity index (χ4n) is 1.83. The molecular formula is C13H11ClN2O2. The number of rotatable bonds is 2. The molecule has 0 atom stereocenters. The van der Waals surface area contributed by atoms with Gasteiger partial charge in [-0.15, -0.1) is 0 Å². The van der Waals surface area contributed by atoms with Gasteiger partial charge < -0.3 is 5.11 Å². The zero-order valence-electron chi connectivity index (χ0n) is 9.94. The second kappa shape index (κ2) is 4.74. The van der Waals surface area contributed by atoms with Crippen molar-refractivity contribution >= 4 is 17.6 Å². The van der Waals surface area contributed by atoms with Crippen LogP contribution in [0.15, 0.2) is 24.3 Å². The number of benzene rings is 1. The third-order valence-electron chi connectivity index (χ3n) is 2.68. The maximum absolute atomic E-state index is 11.3. The van der Waals surface area contributed by atoms with E-state index in [-0.39, 0.29) is 10.8 Å². The monoisotopic (exact) mass is 262 g/mol. The first kappa shape index (κ1) is 12.5. The lowest BCUT2D eigenvalue weighted by Crippen LogP contribution is -2.08. The molecule has 1 heterocycles. The van der Waals surface area contributed by atoms with E-state index in [0.29, 0.717) is 11.4 Å². The number of carbonyl (C=O) groups is 1. The van der Waals surface area contributed by atoms with Crippen LogP contribution in [0.25, 0.3) is 11.3 Å². The van der Waals surface area contributed by atoms with Crippen LogP contribution in [0.2, 0.25) is 5.28 Å². The minimum Gasteiger partial charge on any atom is -0.478 e. The van der Waals surface area contributed by atoms with Crippen molar-refractivity contribution in [1.29, 1.82) is 0 Å². The summed E-state index contributed by atoms with van der Waals surface area (Å²) >= 11 is 5.81. The smallest absolute Gasteiger partial charge is 0.339 e. The Labute approximate surface area is 109 Å². The van der Waals surface area contributed by atoms with Crippen LogP contribution in [0, 0.1) is 13.8 Å². The molecule has 0 saturated heterocycles. The van der Waals surface area contributed by atoms with Gasteiger partial charge in [-0.1, -0.05) is 24.3 Å². The molecule has 0 fully saturated rings. The summed E-state index contributed by atoms with van der Waals surface area (Å²) in [5.74, 6) is -1.05. The van der Waals surface area contributed by atoms with E-state index in [2.05, 4.69) is 9.97 Å². The van der Waals surface area contributed by atoms with Crippen molar-refractivity contribution in [3.63, 3.8) is 0 Å². The molecule has 0 aliphatic heterocycles. The lowest BCUT2D eigenvalue weighted by Gasteiger charge is -2.10. The molecule has 0 bridgehead atoms. The highest BCUT2D eigenvalue weighted by Gasteiger charge is 2.19. The fraction of sp³-hybridized carbons (Fsp3) is 0.154. The Morgan fingerprint density at radius 1 is 1.22 bits per heavy atom. The number of aromatic carboxylic acids is 1. The highest BCUT2D eigenvalue weighted by molar-refractivity contribution is 6.28. The minimum atomic E-state index is -1.05. The number of carboxylic acid groups (broad SMARTS) is 1.